The number of rotatable bonds is 8. The molecule has 1 aromatic heterocycles. The van der Waals surface area contributed by atoms with E-state index in [1.165, 1.54) is 22.9 Å². The van der Waals surface area contributed by atoms with Crippen LogP contribution in [-0.2, 0) is 6.54 Å². The highest BCUT2D eigenvalue weighted by Crippen LogP contribution is 2.34. The summed E-state index contributed by atoms with van der Waals surface area (Å²) in [6, 6.07) is 11.3. The van der Waals surface area contributed by atoms with Crippen molar-refractivity contribution in [2.45, 2.75) is 31.9 Å². The van der Waals surface area contributed by atoms with E-state index in [4.69, 9.17) is 21.1 Å². The number of aromatic carboxylic acids is 1. The van der Waals surface area contributed by atoms with Gasteiger partial charge in [0.25, 0.3) is 0 Å². The van der Waals surface area contributed by atoms with Gasteiger partial charge in [-0.25, -0.2) is 9.48 Å². The minimum atomic E-state index is -4.83. The van der Waals surface area contributed by atoms with Crippen LogP contribution in [0.25, 0.3) is 0 Å². The van der Waals surface area contributed by atoms with Crippen LogP contribution in [-0.4, -0.2) is 58.7 Å². The van der Waals surface area contributed by atoms with Crippen LogP contribution in [0.4, 0.5) is 18.9 Å². The Bertz CT molecular complexity index is 1210. The van der Waals surface area contributed by atoms with Crippen molar-refractivity contribution >= 4 is 23.3 Å². The summed E-state index contributed by atoms with van der Waals surface area (Å²) in [5, 5.41) is 17.1. The van der Waals surface area contributed by atoms with Gasteiger partial charge in [-0.2, -0.15) is 0 Å². The predicted octanol–water partition coefficient (Wildman–Crippen LogP) is 4.63. The van der Waals surface area contributed by atoms with Gasteiger partial charge in [0.2, 0.25) is 11.6 Å². The molecule has 192 valence electrons. The zero-order valence-electron chi connectivity index (χ0n) is 19.0. The number of methoxy groups -OCH3 is 1. The molecule has 2 aromatic carbocycles. The van der Waals surface area contributed by atoms with Crippen molar-refractivity contribution in [3.05, 3.63) is 58.7 Å². The average molecular weight is 527 g/mol. The number of aromatic nitrogens is 3. The van der Waals surface area contributed by atoms with Crippen molar-refractivity contribution < 1.29 is 37.3 Å². The Balaban J connectivity index is 1.42. The fourth-order valence-corrected chi connectivity index (χ4v) is 4.06. The lowest BCUT2D eigenvalue weighted by molar-refractivity contribution is -0.274. The molecule has 0 atom stereocenters. The van der Waals surface area contributed by atoms with Crippen LogP contribution in [0, 0.1) is 0 Å². The largest absolute Gasteiger partial charge is 0.573 e. The van der Waals surface area contributed by atoms with E-state index in [0.29, 0.717) is 37.4 Å². The second-order valence-electron chi connectivity index (χ2n) is 8.02. The lowest BCUT2D eigenvalue weighted by atomic mass is 10.1. The molecule has 0 unspecified atom stereocenters. The minimum Gasteiger partial charge on any atom is -0.497 e. The number of piperidine rings is 1. The molecule has 1 aliphatic rings. The molecule has 0 amide bonds. The van der Waals surface area contributed by atoms with Crippen molar-refractivity contribution in [3.8, 4) is 17.4 Å². The molecule has 36 heavy (non-hydrogen) atoms. The second kappa shape index (κ2) is 10.5. The fourth-order valence-electron chi connectivity index (χ4n) is 3.85. The van der Waals surface area contributed by atoms with Crippen LogP contribution < -0.4 is 19.1 Å². The third kappa shape index (κ3) is 6.11. The summed E-state index contributed by atoms with van der Waals surface area (Å²) in [7, 11) is 1.56. The standard InChI is InChI=1S/C23H22ClF3N4O5/c1-34-16-5-2-14(3-6-16)13-31-21(20(22(32)33)28-29-31)35-17-8-10-30(11-9-17)15-4-7-19(18(24)12-15)36-23(25,26)27/h2-7,12,17H,8-11,13H2,1H3,(H,32,33). The molecule has 0 radical (unpaired) electrons. The summed E-state index contributed by atoms with van der Waals surface area (Å²) in [6.45, 7) is 1.29. The van der Waals surface area contributed by atoms with Gasteiger partial charge >= 0.3 is 12.3 Å². The van der Waals surface area contributed by atoms with Gasteiger partial charge in [-0.05, 0) is 35.9 Å². The molecule has 1 N–H and O–H groups in total. The van der Waals surface area contributed by atoms with Crippen molar-refractivity contribution in [2.24, 2.45) is 0 Å². The van der Waals surface area contributed by atoms with Crippen LogP contribution in [0.15, 0.2) is 42.5 Å². The molecule has 0 aliphatic carbocycles. The zero-order valence-corrected chi connectivity index (χ0v) is 19.8. The maximum Gasteiger partial charge on any atom is 0.573 e. The first-order valence-electron chi connectivity index (χ1n) is 10.9. The molecule has 0 bridgehead atoms. The summed E-state index contributed by atoms with van der Waals surface area (Å²) < 4.78 is 53.9. The summed E-state index contributed by atoms with van der Waals surface area (Å²) >= 11 is 5.97. The topological polar surface area (TPSA) is 98.9 Å². The van der Waals surface area contributed by atoms with E-state index < -0.39 is 18.1 Å². The maximum absolute atomic E-state index is 12.5. The fraction of sp³-hybridized carbons (Fsp3) is 0.348. The Morgan fingerprint density at radius 1 is 1.17 bits per heavy atom. The highest BCUT2D eigenvalue weighted by molar-refractivity contribution is 6.32. The Morgan fingerprint density at radius 3 is 2.44 bits per heavy atom. The van der Waals surface area contributed by atoms with E-state index in [9.17, 15) is 23.1 Å². The first kappa shape index (κ1) is 25.4. The third-order valence-electron chi connectivity index (χ3n) is 5.61. The quantitative estimate of drug-likeness (QED) is 0.453. The number of carbonyl (C=O) groups is 1. The third-order valence-corrected chi connectivity index (χ3v) is 5.91. The van der Waals surface area contributed by atoms with Gasteiger partial charge in [-0.15, -0.1) is 18.3 Å². The predicted molar refractivity (Wildman–Crippen MR) is 123 cm³/mol. The van der Waals surface area contributed by atoms with Crippen molar-refractivity contribution in [1.82, 2.24) is 15.0 Å². The highest BCUT2D eigenvalue weighted by Gasteiger charge is 2.32. The maximum atomic E-state index is 12.5. The summed E-state index contributed by atoms with van der Waals surface area (Å²) in [6.07, 6.45) is -4.07. The van der Waals surface area contributed by atoms with E-state index in [0.717, 1.165) is 5.56 Å². The molecule has 9 nitrogen and oxygen atoms in total. The normalized spacial score (nSPS) is 14.5. The lowest BCUT2D eigenvalue weighted by Gasteiger charge is -2.33. The average Bonchev–Trinajstić information content (AvgIpc) is 3.23. The Kier molecular flexibility index (Phi) is 7.43. The van der Waals surface area contributed by atoms with Gasteiger partial charge in [0.1, 0.15) is 17.6 Å². The number of alkyl halides is 3. The van der Waals surface area contributed by atoms with E-state index in [-0.39, 0.29) is 29.2 Å². The first-order valence-corrected chi connectivity index (χ1v) is 11.3. The summed E-state index contributed by atoms with van der Waals surface area (Å²) in [4.78, 5) is 13.6. The van der Waals surface area contributed by atoms with Gasteiger partial charge in [-0.1, -0.05) is 28.9 Å². The molecule has 0 spiro atoms. The van der Waals surface area contributed by atoms with E-state index in [2.05, 4.69) is 15.0 Å². The first-order chi connectivity index (χ1) is 17.1. The summed E-state index contributed by atoms with van der Waals surface area (Å²) in [5.41, 5.74) is 1.22. The van der Waals surface area contributed by atoms with E-state index in [1.807, 2.05) is 17.0 Å². The van der Waals surface area contributed by atoms with E-state index >= 15 is 0 Å². The molecule has 13 heteroatoms. The van der Waals surface area contributed by atoms with Gasteiger partial charge < -0.3 is 24.2 Å². The number of benzene rings is 2. The highest BCUT2D eigenvalue weighted by atomic mass is 35.5. The van der Waals surface area contributed by atoms with Gasteiger partial charge in [0.05, 0.1) is 18.7 Å². The molecular formula is C23H22ClF3N4O5. The Hall–Kier alpha value is -3.67. The minimum absolute atomic E-state index is 0.0634. The molecular weight excluding hydrogens is 505 g/mol. The van der Waals surface area contributed by atoms with Crippen LogP contribution in [0.3, 0.4) is 0 Å². The molecule has 1 aliphatic heterocycles. The number of halogens is 4. The number of carboxylic acid groups (broad SMARTS) is 1. The number of nitrogens with zero attached hydrogens (tertiary/aromatic N) is 4. The summed E-state index contributed by atoms with van der Waals surface area (Å²) in [5.74, 6) is -0.965. The Morgan fingerprint density at radius 2 is 1.86 bits per heavy atom. The van der Waals surface area contributed by atoms with E-state index in [1.54, 1.807) is 19.2 Å². The Labute approximate surface area is 208 Å². The molecule has 0 saturated carbocycles. The van der Waals surface area contributed by atoms with Crippen LogP contribution in [0.5, 0.6) is 17.4 Å². The van der Waals surface area contributed by atoms with Gasteiger partial charge in [0.15, 0.2) is 0 Å². The van der Waals surface area contributed by atoms with Crippen LogP contribution in [0.1, 0.15) is 28.9 Å². The molecule has 1 fully saturated rings. The number of hydrogen-bond donors (Lipinski definition) is 1. The zero-order chi connectivity index (χ0) is 25.9. The number of ether oxygens (including phenoxy) is 3. The number of carboxylic acids is 1. The lowest BCUT2D eigenvalue weighted by Crippen LogP contribution is -2.38. The van der Waals surface area contributed by atoms with Crippen molar-refractivity contribution in [1.29, 1.82) is 0 Å². The molecule has 3 aromatic rings. The molecule has 4 rings (SSSR count). The molecule has 2 heterocycles. The SMILES string of the molecule is COc1ccc(Cn2nnc(C(=O)O)c2OC2CCN(c3ccc(OC(F)(F)F)c(Cl)c3)CC2)cc1. The van der Waals surface area contributed by atoms with Gasteiger partial charge in [0, 0.05) is 31.6 Å². The number of hydrogen-bond acceptors (Lipinski definition) is 7. The van der Waals surface area contributed by atoms with Crippen LogP contribution in [0.2, 0.25) is 5.02 Å². The van der Waals surface area contributed by atoms with Crippen LogP contribution >= 0.6 is 11.6 Å². The number of anilines is 1. The van der Waals surface area contributed by atoms with Crippen molar-refractivity contribution in [2.75, 3.05) is 25.1 Å². The van der Waals surface area contributed by atoms with Crippen molar-refractivity contribution in [3.63, 3.8) is 0 Å². The monoisotopic (exact) mass is 526 g/mol. The smallest absolute Gasteiger partial charge is 0.497 e. The second-order valence-corrected chi connectivity index (χ2v) is 8.43. The molecule has 1 saturated heterocycles. The van der Waals surface area contributed by atoms with Gasteiger partial charge in [-0.3, -0.25) is 0 Å².